The van der Waals surface area contributed by atoms with E-state index in [1.165, 1.54) is 6.42 Å². The normalized spacial score (nSPS) is 26.9. The van der Waals surface area contributed by atoms with Crippen LogP contribution in [-0.4, -0.2) is 24.0 Å². The van der Waals surface area contributed by atoms with Crippen LogP contribution >= 0.6 is 0 Å². The molecule has 0 aromatic heterocycles. The van der Waals surface area contributed by atoms with Gasteiger partial charge in [0.1, 0.15) is 0 Å². The zero-order valence-corrected chi connectivity index (χ0v) is 10.6. The van der Waals surface area contributed by atoms with Crippen molar-refractivity contribution >= 4 is 5.91 Å². The van der Waals surface area contributed by atoms with Crippen molar-refractivity contribution in [2.75, 3.05) is 0 Å². The van der Waals surface area contributed by atoms with Crippen LogP contribution in [0.1, 0.15) is 47.5 Å². The highest BCUT2D eigenvalue weighted by Gasteiger charge is 2.46. The Morgan fingerprint density at radius 2 is 2.00 bits per heavy atom. The maximum Gasteiger partial charge on any atom is 0.237 e. The predicted molar refractivity (Wildman–Crippen MR) is 62.7 cm³/mol. The lowest BCUT2D eigenvalue weighted by atomic mass is 10.1. The highest BCUT2D eigenvalue weighted by Crippen LogP contribution is 2.44. The number of amides is 1. The molecule has 3 heteroatoms. The Kier molecular flexibility index (Phi) is 3.77. The molecule has 1 rings (SSSR count). The Morgan fingerprint density at radius 3 is 2.40 bits per heavy atom. The molecule has 0 bridgehead atoms. The highest BCUT2D eigenvalue weighted by molar-refractivity contribution is 5.81. The van der Waals surface area contributed by atoms with Gasteiger partial charge in [-0.3, -0.25) is 4.79 Å². The van der Waals surface area contributed by atoms with Gasteiger partial charge in [0.05, 0.1) is 6.04 Å². The average molecular weight is 212 g/mol. The van der Waals surface area contributed by atoms with Gasteiger partial charge in [0.15, 0.2) is 0 Å². The first-order valence-corrected chi connectivity index (χ1v) is 5.93. The van der Waals surface area contributed by atoms with Crippen molar-refractivity contribution < 1.29 is 4.79 Å². The quantitative estimate of drug-likeness (QED) is 0.728. The Balaban J connectivity index is 2.28. The molecule has 1 saturated carbocycles. The lowest BCUT2D eigenvalue weighted by Gasteiger charge is -2.18. The summed E-state index contributed by atoms with van der Waals surface area (Å²) >= 11 is 0. The fourth-order valence-corrected chi connectivity index (χ4v) is 1.60. The van der Waals surface area contributed by atoms with Gasteiger partial charge in [-0.2, -0.15) is 0 Å². The second-order valence-electron chi connectivity index (χ2n) is 5.45. The van der Waals surface area contributed by atoms with Crippen LogP contribution < -0.4 is 10.6 Å². The van der Waals surface area contributed by atoms with Crippen LogP contribution in [-0.2, 0) is 4.79 Å². The Labute approximate surface area is 93.0 Å². The zero-order chi connectivity index (χ0) is 11.6. The van der Waals surface area contributed by atoms with E-state index in [9.17, 15) is 4.79 Å². The molecular formula is C12H24N2O. The van der Waals surface area contributed by atoms with Crippen molar-refractivity contribution in [1.29, 1.82) is 0 Å². The Bertz CT molecular complexity index is 238. The summed E-state index contributed by atoms with van der Waals surface area (Å²) in [7, 11) is 0. The van der Waals surface area contributed by atoms with Gasteiger partial charge in [-0.25, -0.2) is 0 Å². The number of hydrogen-bond acceptors (Lipinski definition) is 2. The summed E-state index contributed by atoms with van der Waals surface area (Å²) < 4.78 is 0. The third-order valence-corrected chi connectivity index (χ3v) is 3.36. The third kappa shape index (κ3) is 3.49. The molecule has 0 spiro atoms. The van der Waals surface area contributed by atoms with Crippen LogP contribution in [0.15, 0.2) is 0 Å². The van der Waals surface area contributed by atoms with Crippen molar-refractivity contribution in [3.8, 4) is 0 Å². The van der Waals surface area contributed by atoms with E-state index in [0.717, 1.165) is 6.42 Å². The molecule has 0 heterocycles. The van der Waals surface area contributed by atoms with Gasteiger partial charge in [0.2, 0.25) is 5.91 Å². The predicted octanol–water partition coefficient (Wildman–Crippen LogP) is 1.68. The summed E-state index contributed by atoms with van der Waals surface area (Å²) in [5, 5.41) is 6.35. The van der Waals surface area contributed by atoms with Gasteiger partial charge in [-0.1, -0.05) is 20.8 Å². The van der Waals surface area contributed by atoms with Crippen LogP contribution in [0.2, 0.25) is 0 Å². The maximum absolute atomic E-state index is 11.7. The minimum Gasteiger partial charge on any atom is -0.352 e. The minimum atomic E-state index is -0.0780. The molecule has 2 N–H and O–H groups in total. The molecule has 1 amide bonds. The van der Waals surface area contributed by atoms with E-state index in [1.54, 1.807) is 0 Å². The third-order valence-electron chi connectivity index (χ3n) is 3.36. The molecule has 0 aliphatic heterocycles. The summed E-state index contributed by atoms with van der Waals surface area (Å²) in [6.07, 6.45) is 2.15. The molecular weight excluding hydrogens is 188 g/mol. The summed E-state index contributed by atoms with van der Waals surface area (Å²) in [6, 6.07) is 0.704. The van der Waals surface area contributed by atoms with Crippen LogP contribution in [0.5, 0.6) is 0 Å². The summed E-state index contributed by atoms with van der Waals surface area (Å²) in [4.78, 5) is 11.7. The lowest BCUT2D eigenvalue weighted by molar-refractivity contribution is -0.123. The number of carbonyl (C=O) groups is 1. The van der Waals surface area contributed by atoms with E-state index < -0.39 is 0 Å². The molecule has 0 aromatic rings. The van der Waals surface area contributed by atoms with Crippen molar-refractivity contribution in [1.82, 2.24) is 10.6 Å². The molecule has 0 radical (unpaired) electrons. The average Bonchev–Trinajstić information content (AvgIpc) is 2.73. The Morgan fingerprint density at radius 1 is 1.47 bits per heavy atom. The van der Waals surface area contributed by atoms with Crippen molar-refractivity contribution in [2.24, 2.45) is 5.41 Å². The topological polar surface area (TPSA) is 41.1 Å². The van der Waals surface area contributed by atoms with E-state index in [0.29, 0.717) is 11.5 Å². The van der Waals surface area contributed by atoms with E-state index in [-0.39, 0.29) is 18.0 Å². The SMILES string of the molecule is CCC(C)NC(=O)C(C)NC1CC1(C)C. The van der Waals surface area contributed by atoms with Crippen LogP contribution in [0.3, 0.4) is 0 Å². The van der Waals surface area contributed by atoms with Gasteiger partial charge in [-0.15, -0.1) is 0 Å². The first-order chi connectivity index (χ1) is 6.86. The van der Waals surface area contributed by atoms with E-state index in [4.69, 9.17) is 0 Å². The molecule has 1 fully saturated rings. The summed E-state index contributed by atoms with van der Waals surface area (Å²) in [6.45, 7) is 10.5. The van der Waals surface area contributed by atoms with E-state index in [2.05, 4.69) is 31.4 Å². The summed E-state index contributed by atoms with van der Waals surface area (Å²) in [5.41, 5.74) is 0.380. The van der Waals surface area contributed by atoms with Crippen molar-refractivity contribution in [3.63, 3.8) is 0 Å². The van der Waals surface area contributed by atoms with E-state index >= 15 is 0 Å². The molecule has 15 heavy (non-hydrogen) atoms. The standard InChI is InChI=1S/C12H24N2O/c1-6-8(2)13-11(15)9(3)14-10-7-12(10,4)5/h8-10,14H,6-7H2,1-5H3,(H,13,15). The van der Waals surface area contributed by atoms with Gasteiger partial charge >= 0.3 is 0 Å². The van der Waals surface area contributed by atoms with Crippen LogP contribution in [0, 0.1) is 5.41 Å². The largest absolute Gasteiger partial charge is 0.352 e. The first-order valence-electron chi connectivity index (χ1n) is 5.93. The molecule has 0 saturated heterocycles. The van der Waals surface area contributed by atoms with Crippen molar-refractivity contribution in [2.45, 2.75) is 65.6 Å². The summed E-state index contributed by atoms with van der Waals surface area (Å²) in [5.74, 6) is 0.118. The number of hydrogen-bond donors (Lipinski definition) is 2. The molecule has 88 valence electrons. The van der Waals surface area contributed by atoms with Gasteiger partial charge in [-0.05, 0) is 32.1 Å². The fraction of sp³-hybridized carbons (Fsp3) is 0.917. The van der Waals surface area contributed by atoms with Crippen molar-refractivity contribution in [3.05, 3.63) is 0 Å². The van der Waals surface area contributed by atoms with Gasteiger partial charge < -0.3 is 10.6 Å². The highest BCUT2D eigenvalue weighted by atomic mass is 16.2. The maximum atomic E-state index is 11.7. The van der Waals surface area contributed by atoms with Gasteiger partial charge in [0.25, 0.3) is 0 Å². The van der Waals surface area contributed by atoms with E-state index in [1.807, 2.05) is 13.8 Å². The number of carbonyl (C=O) groups excluding carboxylic acids is 1. The molecule has 1 aliphatic carbocycles. The molecule has 0 aromatic carbocycles. The number of nitrogens with one attached hydrogen (secondary N) is 2. The minimum absolute atomic E-state index is 0.0780. The van der Waals surface area contributed by atoms with Crippen LogP contribution in [0.25, 0.3) is 0 Å². The Hall–Kier alpha value is -0.570. The smallest absolute Gasteiger partial charge is 0.237 e. The lowest BCUT2D eigenvalue weighted by Crippen LogP contribution is -2.46. The molecule has 3 atom stereocenters. The number of rotatable bonds is 5. The second-order valence-corrected chi connectivity index (χ2v) is 5.45. The monoisotopic (exact) mass is 212 g/mol. The molecule has 1 aliphatic rings. The first kappa shape index (κ1) is 12.5. The molecule has 3 nitrogen and oxygen atoms in total. The second kappa shape index (κ2) is 4.52. The zero-order valence-electron chi connectivity index (χ0n) is 10.6. The van der Waals surface area contributed by atoms with Crippen LogP contribution in [0.4, 0.5) is 0 Å². The van der Waals surface area contributed by atoms with Gasteiger partial charge in [0, 0.05) is 12.1 Å². The molecule has 3 unspecified atom stereocenters. The fourth-order valence-electron chi connectivity index (χ4n) is 1.60.